The van der Waals surface area contributed by atoms with E-state index in [1.165, 1.54) is 16.9 Å². The highest BCUT2D eigenvalue weighted by molar-refractivity contribution is 7.21. The maximum atomic E-state index is 12.6. The van der Waals surface area contributed by atoms with Crippen molar-refractivity contribution in [3.63, 3.8) is 0 Å². The summed E-state index contributed by atoms with van der Waals surface area (Å²) in [7, 11) is 1.69. The summed E-state index contributed by atoms with van der Waals surface area (Å²) in [6, 6.07) is 6.10. The quantitative estimate of drug-likeness (QED) is 0.925. The van der Waals surface area contributed by atoms with Gasteiger partial charge in [0.15, 0.2) is 0 Å². The van der Waals surface area contributed by atoms with Gasteiger partial charge in [0.1, 0.15) is 4.88 Å². The average molecular weight is 290 g/mol. The van der Waals surface area contributed by atoms with E-state index >= 15 is 0 Å². The number of fused-ring (bicyclic) bond motifs is 1. The lowest BCUT2D eigenvalue weighted by molar-refractivity contribution is 0.0729. The molecule has 1 aliphatic heterocycles. The van der Waals surface area contributed by atoms with Crippen molar-refractivity contribution in [3.05, 3.63) is 28.6 Å². The topological polar surface area (TPSA) is 55.6 Å². The molecule has 3 rings (SSSR count). The normalized spacial score (nSPS) is 18.9. The Morgan fingerprint density at radius 2 is 2.30 bits per heavy atom. The number of ether oxygens (including phenoxy) is 1. The zero-order valence-electron chi connectivity index (χ0n) is 11.7. The molecule has 5 heteroatoms. The van der Waals surface area contributed by atoms with Gasteiger partial charge in [-0.05, 0) is 25.0 Å². The van der Waals surface area contributed by atoms with Crippen LogP contribution in [0.25, 0.3) is 10.1 Å². The molecule has 2 heterocycles. The molecule has 4 nitrogen and oxygen atoms in total. The van der Waals surface area contributed by atoms with Gasteiger partial charge in [-0.1, -0.05) is 12.1 Å². The van der Waals surface area contributed by atoms with E-state index in [4.69, 9.17) is 10.5 Å². The molecule has 1 fully saturated rings. The Bertz CT molecular complexity index is 665. The van der Waals surface area contributed by atoms with Gasteiger partial charge in [-0.15, -0.1) is 11.3 Å². The number of carbonyl (C=O) groups excluding carboxylic acids is 1. The zero-order valence-corrected chi connectivity index (χ0v) is 12.5. The van der Waals surface area contributed by atoms with Gasteiger partial charge in [-0.25, -0.2) is 0 Å². The number of thiophene rings is 1. The van der Waals surface area contributed by atoms with Gasteiger partial charge in [-0.3, -0.25) is 4.79 Å². The molecule has 1 atom stereocenters. The SMILES string of the molecule is COC1CCN(C(=O)c2sc3cc(C)ccc3c2N)C1. The lowest BCUT2D eigenvalue weighted by Crippen LogP contribution is -2.29. The number of benzene rings is 1. The van der Waals surface area contributed by atoms with Crippen LogP contribution in [0.5, 0.6) is 0 Å². The fraction of sp³-hybridized carbons (Fsp3) is 0.400. The average Bonchev–Trinajstić information content (AvgIpc) is 3.03. The van der Waals surface area contributed by atoms with E-state index in [9.17, 15) is 4.79 Å². The Labute approximate surface area is 122 Å². The van der Waals surface area contributed by atoms with Crippen LogP contribution in [0.1, 0.15) is 21.7 Å². The van der Waals surface area contributed by atoms with Crippen LogP contribution < -0.4 is 5.73 Å². The first-order chi connectivity index (χ1) is 9.60. The fourth-order valence-corrected chi connectivity index (χ4v) is 3.82. The van der Waals surface area contributed by atoms with E-state index in [0.717, 1.165) is 23.1 Å². The number of methoxy groups -OCH3 is 1. The van der Waals surface area contributed by atoms with E-state index < -0.39 is 0 Å². The summed E-state index contributed by atoms with van der Waals surface area (Å²) in [6.45, 7) is 3.44. The van der Waals surface area contributed by atoms with E-state index in [2.05, 4.69) is 6.07 Å². The first-order valence-corrected chi connectivity index (χ1v) is 7.52. The maximum absolute atomic E-state index is 12.6. The molecule has 20 heavy (non-hydrogen) atoms. The van der Waals surface area contributed by atoms with Gasteiger partial charge in [0.2, 0.25) is 0 Å². The molecule has 1 saturated heterocycles. The Kier molecular flexibility index (Phi) is 3.40. The van der Waals surface area contributed by atoms with Crippen LogP contribution in [0.15, 0.2) is 18.2 Å². The smallest absolute Gasteiger partial charge is 0.266 e. The summed E-state index contributed by atoms with van der Waals surface area (Å²) < 4.78 is 6.39. The molecular weight excluding hydrogens is 272 g/mol. The first kappa shape index (κ1) is 13.4. The first-order valence-electron chi connectivity index (χ1n) is 6.71. The largest absolute Gasteiger partial charge is 0.397 e. The summed E-state index contributed by atoms with van der Waals surface area (Å²) in [5, 5.41) is 0.978. The van der Waals surface area contributed by atoms with Crippen molar-refractivity contribution in [2.24, 2.45) is 0 Å². The number of carbonyl (C=O) groups is 1. The number of anilines is 1. The summed E-state index contributed by atoms with van der Waals surface area (Å²) in [4.78, 5) is 15.1. The van der Waals surface area contributed by atoms with Gasteiger partial charge in [0.05, 0.1) is 11.8 Å². The Balaban J connectivity index is 1.94. The lowest BCUT2D eigenvalue weighted by atomic mass is 10.1. The number of likely N-dealkylation sites (tertiary alicyclic amines) is 1. The van der Waals surface area contributed by atoms with Gasteiger partial charge < -0.3 is 15.4 Å². The van der Waals surface area contributed by atoms with Crippen molar-refractivity contribution in [3.8, 4) is 0 Å². The predicted molar refractivity (Wildman–Crippen MR) is 82.3 cm³/mol. The monoisotopic (exact) mass is 290 g/mol. The molecule has 0 spiro atoms. The Hall–Kier alpha value is -1.59. The van der Waals surface area contributed by atoms with Crippen molar-refractivity contribution in [1.82, 2.24) is 4.90 Å². The number of nitrogens with zero attached hydrogens (tertiary/aromatic N) is 1. The number of hydrogen-bond donors (Lipinski definition) is 1. The van der Waals surface area contributed by atoms with Crippen LogP contribution in [-0.4, -0.2) is 37.1 Å². The number of amides is 1. The number of nitrogen functional groups attached to an aromatic ring is 1. The molecule has 1 aliphatic rings. The van der Waals surface area contributed by atoms with Gasteiger partial charge in [-0.2, -0.15) is 0 Å². The van der Waals surface area contributed by atoms with Crippen molar-refractivity contribution >= 4 is 33.0 Å². The van der Waals surface area contributed by atoms with Crippen LogP contribution in [0.3, 0.4) is 0 Å². The second kappa shape index (κ2) is 5.07. The minimum absolute atomic E-state index is 0.0286. The van der Waals surface area contributed by atoms with Crippen LogP contribution in [0, 0.1) is 6.92 Å². The van der Waals surface area contributed by atoms with E-state index in [-0.39, 0.29) is 12.0 Å². The molecule has 0 bridgehead atoms. The van der Waals surface area contributed by atoms with E-state index in [0.29, 0.717) is 17.1 Å². The minimum Gasteiger partial charge on any atom is -0.397 e. The van der Waals surface area contributed by atoms with Gasteiger partial charge in [0.25, 0.3) is 5.91 Å². The molecule has 2 aromatic rings. The Morgan fingerprint density at radius 3 is 3.00 bits per heavy atom. The second-order valence-electron chi connectivity index (χ2n) is 5.24. The highest BCUT2D eigenvalue weighted by Crippen LogP contribution is 2.35. The summed E-state index contributed by atoms with van der Waals surface area (Å²) >= 11 is 1.48. The zero-order chi connectivity index (χ0) is 14.3. The number of nitrogens with two attached hydrogens (primary N) is 1. The number of hydrogen-bond acceptors (Lipinski definition) is 4. The molecule has 0 saturated carbocycles. The Morgan fingerprint density at radius 1 is 1.50 bits per heavy atom. The summed E-state index contributed by atoms with van der Waals surface area (Å²) in [6.07, 6.45) is 1.04. The molecule has 0 radical (unpaired) electrons. The van der Waals surface area contributed by atoms with Gasteiger partial charge >= 0.3 is 0 Å². The third-order valence-corrected chi connectivity index (χ3v) is 5.00. The second-order valence-corrected chi connectivity index (χ2v) is 6.29. The van der Waals surface area contributed by atoms with Crippen molar-refractivity contribution < 1.29 is 9.53 Å². The predicted octanol–water partition coefficient (Wildman–Crippen LogP) is 2.65. The molecule has 2 N–H and O–H groups in total. The van der Waals surface area contributed by atoms with Crippen LogP contribution >= 0.6 is 11.3 Å². The number of rotatable bonds is 2. The number of aryl methyl sites for hydroxylation is 1. The van der Waals surface area contributed by atoms with Crippen molar-refractivity contribution in [2.75, 3.05) is 25.9 Å². The van der Waals surface area contributed by atoms with Crippen LogP contribution in [-0.2, 0) is 4.74 Å². The third-order valence-electron chi connectivity index (χ3n) is 3.84. The molecule has 1 aromatic heterocycles. The molecular formula is C15H18N2O2S. The van der Waals surface area contributed by atoms with Crippen molar-refractivity contribution in [2.45, 2.75) is 19.4 Å². The molecule has 1 amide bonds. The van der Waals surface area contributed by atoms with Gasteiger partial charge in [0, 0.05) is 30.3 Å². The van der Waals surface area contributed by atoms with Crippen LogP contribution in [0.2, 0.25) is 0 Å². The molecule has 0 aliphatic carbocycles. The van der Waals surface area contributed by atoms with Crippen LogP contribution in [0.4, 0.5) is 5.69 Å². The summed E-state index contributed by atoms with van der Waals surface area (Å²) in [5.74, 6) is 0.0286. The standard InChI is InChI=1S/C15H18N2O2S/c1-9-3-4-11-12(7-9)20-14(13(11)16)15(18)17-6-5-10(8-17)19-2/h3-4,7,10H,5-6,8,16H2,1-2H3. The summed E-state index contributed by atoms with van der Waals surface area (Å²) in [5.41, 5.74) is 7.94. The van der Waals surface area contributed by atoms with E-state index in [1.54, 1.807) is 7.11 Å². The van der Waals surface area contributed by atoms with E-state index in [1.807, 2.05) is 24.0 Å². The third kappa shape index (κ3) is 2.17. The molecule has 106 valence electrons. The lowest BCUT2D eigenvalue weighted by Gasteiger charge is -2.15. The highest BCUT2D eigenvalue weighted by atomic mass is 32.1. The van der Waals surface area contributed by atoms with Crippen molar-refractivity contribution in [1.29, 1.82) is 0 Å². The molecule has 1 unspecified atom stereocenters. The fourth-order valence-electron chi connectivity index (χ4n) is 2.63. The maximum Gasteiger partial charge on any atom is 0.266 e. The molecule has 1 aromatic carbocycles. The highest BCUT2D eigenvalue weighted by Gasteiger charge is 2.29. The minimum atomic E-state index is 0.0286.